The first-order valence-corrected chi connectivity index (χ1v) is 9.03. The van der Waals surface area contributed by atoms with Crippen LogP contribution < -0.4 is 15.5 Å². The fraction of sp³-hybridized carbons (Fsp3) is 0.632. The van der Waals surface area contributed by atoms with Gasteiger partial charge in [-0.15, -0.1) is 24.0 Å². The van der Waals surface area contributed by atoms with Gasteiger partial charge >= 0.3 is 0 Å². The van der Waals surface area contributed by atoms with Gasteiger partial charge in [0.2, 0.25) is 0 Å². The number of aliphatic imine (C=N–C) groups is 1. The van der Waals surface area contributed by atoms with Crippen LogP contribution in [0.2, 0.25) is 0 Å². The molecule has 134 valence electrons. The molecule has 1 saturated heterocycles. The van der Waals surface area contributed by atoms with Gasteiger partial charge in [0.1, 0.15) is 0 Å². The van der Waals surface area contributed by atoms with Crippen LogP contribution in [0, 0.1) is 12.8 Å². The molecule has 0 amide bonds. The molecule has 1 heterocycles. The van der Waals surface area contributed by atoms with Crippen LogP contribution >= 0.6 is 24.0 Å². The SMILES string of the molecule is CN=C(NCCCC1CC1)NC1CCN(c2ccc(C)cc2)C1.I. The van der Waals surface area contributed by atoms with Gasteiger partial charge in [0.25, 0.3) is 0 Å². The largest absolute Gasteiger partial charge is 0.369 e. The summed E-state index contributed by atoms with van der Waals surface area (Å²) in [6.45, 7) is 5.33. The zero-order valence-corrected chi connectivity index (χ0v) is 17.3. The number of aryl methyl sites for hydroxylation is 1. The molecule has 1 aromatic rings. The van der Waals surface area contributed by atoms with Crippen molar-refractivity contribution in [3.8, 4) is 0 Å². The summed E-state index contributed by atoms with van der Waals surface area (Å²) < 4.78 is 0. The highest BCUT2D eigenvalue weighted by Gasteiger charge is 2.23. The van der Waals surface area contributed by atoms with E-state index in [0.717, 1.165) is 37.9 Å². The molecule has 1 unspecified atom stereocenters. The lowest BCUT2D eigenvalue weighted by atomic mass is 10.2. The van der Waals surface area contributed by atoms with Crippen LogP contribution in [0.4, 0.5) is 5.69 Å². The maximum atomic E-state index is 4.37. The summed E-state index contributed by atoms with van der Waals surface area (Å²) in [4.78, 5) is 6.82. The Morgan fingerprint density at radius 2 is 1.96 bits per heavy atom. The second kappa shape index (κ2) is 9.49. The zero-order chi connectivity index (χ0) is 16.1. The predicted molar refractivity (Wildman–Crippen MR) is 114 cm³/mol. The normalized spacial score (nSPS) is 20.7. The van der Waals surface area contributed by atoms with Crippen molar-refractivity contribution in [1.29, 1.82) is 0 Å². The Kier molecular flexibility index (Phi) is 7.65. The number of nitrogens with zero attached hydrogens (tertiary/aromatic N) is 2. The number of benzene rings is 1. The molecule has 0 radical (unpaired) electrons. The molecule has 3 rings (SSSR count). The van der Waals surface area contributed by atoms with E-state index in [-0.39, 0.29) is 24.0 Å². The first kappa shape index (κ1) is 19.3. The summed E-state index contributed by atoms with van der Waals surface area (Å²) in [6.07, 6.45) is 6.69. The highest BCUT2D eigenvalue weighted by atomic mass is 127. The van der Waals surface area contributed by atoms with Gasteiger partial charge in [-0.05, 0) is 44.2 Å². The molecular formula is C19H31IN4. The van der Waals surface area contributed by atoms with Crippen molar-refractivity contribution in [1.82, 2.24) is 10.6 Å². The standard InChI is InChI=1S/C19H30N4.HI/c1-15-5-9-18(10-6-15)23-13-11-17(14-23)22-19(20-2)21-12-3-4-16-7-8-16;/h5-6,9-10,16-17H,3-4,7-8,11-14H2,1-2H3,(H2,20,21,22);1H. The van der Waals surface area contributed by atoms with Crippen LogP contribution in [0.15, 0.2) is 29.3 Å². The van der Waals surface area contributed by atoms with E-state index in [1.165, 1.54) is 36.9 Å². The fourth-order valence-corrected chi connectivity index (χ4v) is 3.26. The average Bonchev–Trinajstić information content (AvgIpc) is 3.28. The molecule has 2 fully saturated rings. The lowest BCUT2D eigenvalue weighted by molar-refractivity contribution is 0.620. The lowest BCUT2D eigenvalue weighted by Gasteiger charge is -2.20. The van der Waals surface area contributed by atoms with Crippen LogP contribution in [0.5, 0.6) is 0 Å². The second-order valence-electron chi connectivity index (χ2n) is 7.00. The maximum absolute atomic E-state index is 4.37. The van der Waals surface area contributed by atoms with Crippen molar-refractivity contribution >= 4 is 35.6 Å². The van der Waals surface area contributed by atoms with Crippen molar-refractivity contribution in [3.05, 3.63) is 29.8 Å². The molecule has 1 aromatic carbocycles. The first-order valence-electron chi connectivity index (χ1n) is 9.03. The van der Waals surface area contributed by atoms with Crippen LogP contribution in [-0.4, -0.2) is 38.7 Å². The Bertz CT molecular complexity index is 525. The van der Waals surface area contributed by atoms with E-state index in [1.807, 2.05) is 7.05 Å². The van der Waals surface area contributed by atoms with Gasteiger partial charge < -0.3 is 15.5 Å². The highest BCUT2D eigenvalue weighted by molar-refractivity contribution is 14.0. The van der Waals surface area contributed by atoms with E-state index < -0.39 is 0 Å². The average molecular weight is 442 g/mol. The zero-order valence-electron chi connectivity index (χ0n) is 14.9. The number of anilines is 1. The van der Waals surface area contributed by atoms with Gasteiger partial charge in [0.05, 0.1) is 0 Å². The molecule has 1 saturated carbocycles. The highest BCUT2D eigenvalue weighted by Crippen LogP contribution is 2.33. The summed E-state index contributed by atoms with van der Waals surface area (Å²) in [5.74, 6) is 1.97. The summed E-state index contributed by atoms with van der Waals surface area (Å²) in [5, 5.41) is 7.04. The molecule has 1 aliphatic heterocycles. The number of rotatable bonds is 6. The molecule has 5 heteroatoms. The monoisotopic (exact) mass is 442 g/mol. The van der Waals surface area contributed by atoms with E-state index >= 15 is 0 Å². The van der Waals surface area contributed by atoms with Crippen LogP contribution in [0.1, 0.15) is 37.7 Å². The number of guanidine groups is 1. The molecule has 0 spiro atoms. The van der Waals surface area contributed by atoms with Crippen molar-refractivity contribution in [2.45, 2.75) is 45.1 Å². The summed E-state index contributed by atoms with van der Waals surface area (Å²) >= 11 is 0. The predicted octanol–water partition coefficient (Wildman–Crippen LogP) is 3.55. The van der Waals surface area contributed by atoms with Gasteiger partial charge in [-0.1, -0.05) is 30.5 Å². The molecule has 0 bridgehead atoms. The van der Waals surface area contributed by atoms with Gasteiger partial charge in [-0.2, -0.15) is 0 Å². The molecule has 4 nitrogen and oxygen atoms in total. The van der Waals surface area contributed by atoms with E-state index in [2.05, 4.69) is 51.7 Å². The van der Waals surface area contributed by atoms with E-state index in [1.54, 1.807) is 0 Å². The third-order valence-corrected chi connectivity index (χ3v) is 4.93. The third kappa shape index (κ3) is 5.83. The minimum Gasteiger partial charge on any atom is -0.369 e. The van der Waals surface area contributed by atoms with E-state index in [0.29, 0.717) is 6.04 Å². The van der Waals surface area contributed by atoms with Crippen LogP contribution in [0.25, 0.3) is 0 Å². The second-order valence-corrected chi connectivity index (χ2v) is 7.00. The molecular weight excluding hydrogens is 411 g/mol. The number of hydrogen-bond acceptors (Lipinski definition) is 2. The fourth-order valence-electron chi connectivity index (χ4n) is 3.26. The van der Waals surface area contributed by atoms with Crippen LogP contribution in [-0.2, 0) is 0 Å². The van der Waals surface area contributed by atoms with Gasteiger partial charge in [0.15, 0.2) is 5.96 Å². The Morgan fingerprint density at radius 1 is 1.21 bits per heavy atom. The molecule has 1 atom stereocenters. The molecule has 2 aliphatic rings. The van der Waals surface area contributed by atoms with Crippen LogP contribution in [0.3, 0.4) is 0 Å². The maximum Gasteiger partial charge on any atom is 0.191 e. The first-order chi connectivity index (χ1) is 11.2. The number of halogens is 1. The lowest BCUT2D eigenvalue weighted by Crippen LogP contribution is -2.44. The quantitative estimate of drug-likeness (QED) is 0.307. The van der Waals surface area contributed by atoms with Gasteiger partial charge in [-0.3, -0.25) is 4.99 Å². The molecule has 1 aliphatic carbocycles. The van der Waals surface area contributed by atoms with Gasteiger partial charge in [0, 0.05) is 38.4 Å². The number of nitrogens with one attached hydrogen (secondary N) is 2. The molecule has 2 N–H and O–H groups in total. The third-order valence-electron chi connectivity index (χ3n) is 4.93. The van der Waals surface area contributed by atoms with Crippen molar-refractivity contribution in [2.24, 2.45) is 10.9 Å². The smallest absolute Gasteiger partial charge is 0.191 e. The minimum atomic E-state index is 0. The summed E-state index contributed by atoms with van der Waals surface area (Å²) in [5.41, 5.74) is 2.64. The minimum absolute atomic E-state index is 0. The Balaban J connectivity index is 0.00000208. The Hall–Kier alpha value is -0.980. The topological polar surface area (TPSA) is 39.7 Å². The van der Waals surface area contributed by atoms with Crippen molar-refractivity contribution in [3.63, 3.8) is 0 Å². The van der Waals surface area contributed by atoms with E-state index in [4.69, 9.17) is 0 Å². The molecule has 0 aromatic heterocycles. The van der Waals surface area contributed by atoms with Gasteiger partial charge in [-0.25, -0.2) is 0 Å². The summed E-state index contributed by atoms with van der Waals surface area (Å²) in [7, 11) is 1.86. The molecule has 24 heavy (non-hydrogen) atoms. The van der Waals surface area contributed by atoms with E-state index in [9.17, 15) is 0 Å². The Morgan fingerprint density at radius 3 is 2.62 bits per heavy atom. The number of hydrogen-bond donors (Lipinski definition) is 2. The van der Waals surface area contributed by atoms with Crippen molar-refractivity contribution in [2.75, 3.05) is 31.6 Å². The Labute approximate surface area is 163 Å². The summed E-state index contributed by atoms with van der Waals surface area (Å²) in [6, 6.07) is 9.31. The van der Waals surface area contributed by atoms with Crippen molar-refractivity contribution < 1.29 is 0 Å².